The van der Waals surface area contributed by atoms with Crippen molar-refractivity contribution in [3.8, 4) is 0 Å². The Balaban J connectivity index is 1.87. The number of rotatable bonds is 5. The molecule has 0 aliphatic carbocycles. The number of methoxy groups -OCH3 is 1. The number of hydrogen-bond acceptors (Lipinski definition) is 3. The largest absolute Gasteiger partial charge is 0.384 e. The molecule has 0 radical (unpaired) electrons. The van der Waals surface area contributed by atoms with Crippen molar-refractivity contribution in [3.05, 3.63) is 35.4 Å². The van der Waals surface area contributed by atoms with Crippen LogP contribution in [0.3, 0.4) is 0 Å². The third-order valence-electron chi connectivity index (χ3n) is 3.80. The maximum atomic E-state index is 13.1. The van der Waals surface area contributed by atoms with Crippen molar-refractivity contribution < 1.29 is 23.1 Å². The number of carbonyl (C=O) groups excluding carboxylic acids is 2. The second-order valence-electron chi connectivity index (χ2n) is 5.64. The Morgan fingerprint density at radius 1 is 1.30 bits per heavy atom. The normalized spacial score (nSPS) is 17.9. The fourth-order valence-corrected chi connectivity index (χ4v) is 2.72. The third kappa shape index (κ3) is 4.99. The Labute approximate surface area is 133 Å². The van der Waals surface area contributed by atoms with Crippen molar-refractivity contribution in [3.63, 3.8) is 0 Å². The number of ether oxygens (including phenoxy) is 1. The minimum Gasteiger partial charge on any atom is -0.384 e. The highest BCUT2D eigenvalue weighted by atomic mass is 19.1. The van der Waals surface area contributed by atoms with Gasteiger partial charge in [-0.2, -0.15) is 0 Å². The highest BCUT2D eigenvalue weighted by Gasteiger charge is 2.23. The van der Waals surface area contributed by atoms with Crippen molar-refractivity contribution in [2.45, 2.75) is 12.8 Å². The van der Waals surface area contributed by atoms with Crippen LogP contribution in [0.25, 0.3) is 0 Å². The van der Waals surface area contributed by atoms with Crippen molar-refractivity contribution in [1.29, 1.82) is 0 Å². The minimum atomic E-state index is -0.833. The van der Waals surface area contributed by atoms with Gasteiger partial charge >= 0.3 is 0 Å². The Morgan fingerprint density at radius 2 is 2.00 bits per heavy atom. The Kier molecular flexibility index (Phi) is 6.04. The topological polar surface area (TPSA) is 58.6 Å². The lowest BCUT2D eigenvalue weighted by molar-refractivity contribution is -0.132. The fourth-order valence-electron chi connectivity index (χ4n) is 2.72. The van der Waals surface area contributed by atoms with Gasteiger partial charge < -0.3 is 15.0 Å². The zero-order valence-corrected chi connectivity index (χ0v) is 13.0. The minimum absolute atomic E-state index is 0.147. The van der Waals surface area contributed by atoms with Crippen LogP contribution < -0.4 is 5.32 Å². The lowest BCUT2D eigenvalue weighted by Gasteiger charge is -2.32. The summed E-state index contributed by atoms with van der Waals surface area (Å²) in [4.78, 5) is 25.7. The van der Waals surface area contributed by atoms with Gasteiger partial charge in [-0.25, -0.2) is 8.78 Å². The van der Waals surface area contributed by atoms with Gasteiger partial charge in [0.15, 0.2) is 0 Å². The highest BCUT2D eigenvalue weighted by molar-refractivity contribution is 5.96. The molecule has 1 aromatic rings. The third-order valence-corrected chi connectivity index (χ3v) is 3.80. The number of piperidine rings is 1. The molecule has 1 aliphatic rings. The van der Waals surface area contributed by atoms with Crippen LogP contribution in [0.1, 0.15) is 23.2 Å². The first kappa shape index (κ1) is 17.3. The fraction of sp³-hybridized carbons (Fsp3) is 0.500. The molecule has 1 aromatic carbocycles. The molecule has 23 heavy (non-hydrogen) atoms. The summed E-state index contributed by atoms with van der Waals surface area (Å²) in [5.41, 5.74) is -0.147. The molecule has 0 saturated carbocycles. The summed E-state index contributed by atoms with van der Waals surface area (Å²) in [5, 5.41) is 2.40. The molecule has 0 spiro atoms. The molecule has 1 unspecified atom stereocenters. The summed E-state index contributed by atoms with van der Waals surface area (Å²) in [5.74, 6) is -2.26. The monoisotopic (exact) mass is 326 g/mol. The van der Waals surface area contributed by atoms with Gasteiger partial charge in [0.05, 0.1) is 13.2 Å². The van der Waals surface area contributed by atoms with Crippen LogP contribution in [-0.4, -0.2) is 50.1 Å². The first-order chi connectivity index (χ1) is 11.0. The zero-order valence-electron chi connectivity index (χ0n) is 13.0. The molecule has 1 fully saturated rings. The second-order valence-corrected chi connectivity index (χ2v) is 5.64. The molecule has 0 aromatic heterocycles. The van der Waals surface area contributed by atoms with Gasteiger partial charge in [-0.05, 0) is 30.9 Å². The number of nitrogens with one attached hydrogen (secondary N) is 1. The van der Waals surface area contributed by atoms with Crippen LogP contribution >= 0.6 is 0 Å². The van der Waals surface area contributed by atoms with Crippen LogP contribution in [0.2, 0.25) is 0 Å². The number of hydrogen-bond donors (Lipinski definition) is 1. The van der Waals surface area contributed by atoms with Gasteiger partial charge in [0.25, 0.3) is 5.91 Å². The number of halogens is 2. The second kappa shape index (κ2) is 8.01. The molecule has 1 aliphatic heterocycles. The van der Waals surface area contributed by atoms with Gasteiger partial charge in [0.2, 0.25) is 5.91 Å². The van der Waals surface area contributed by atoms with Crippen LogP contribution in [-0.2, 0) is 9.53 Å². The SMILES string of the molecule is COCC1CCCN(C(=O)CNC(=O)c2cc(F)cc(F)c2)C1. The van der Waals surface area contributed by atoms with E-state index >= 15 is 0 Å². The molecule has 7 heteroatoms. The maximum absolute atomic E-state index is 13.1. The highest BCUT2D eigenvalue weighted by Crippen LogP contribution is 2.16. The molecule has 2 amide bonds. The number of nitrogens with zero attached hydrogens (tertiary/aromatic N) is 1. The van der Waals surface area contributed by atoms with Gasteiger partial charge in [-0.15, -0.1) is 0 Å². The zero-order chi connectivity index (χ0) is 16.8. The molecule has 1 saturated heterocycles. The quantitative estimate of drug-likeness (QED) is 0.894. The number of carbonyl (C=O) groups is 2. The summed E-state index contributed by atoms with van der Waals surface area (Å²) in [6.45, 7) is 1.63. The number of likely N-dealkylation sites (tertiary alicyclic amines) is 1. The average Bonchev–Trinajstić information content (AvgIpc) is 2.52. The van der Waals surface area contributed by atoms with Crippen LogP contribution in [0.5, 0.6) is 0 Å². The van der Waals surface area contributed by atoms with Crippen LogP contribution in [0.4, 0.5) is 8.78 Å². The van der Waals surface area contributed by atoms with Crippen LogP contribution in [0, 0.1) is 17.6 Å². The first-order valence-corrected chi connectivity index (χ1v) is 7.50. The van der Waals surface area contributed by atoms with E-state index in [4.69, 9.17) is 4.74 Å². The van der Waals surface area contributed by atoms with E-state index in [1.54, 1.807) is 12.0 Å². The van der Waals surface area contributed by atoms with Gasteiger partial charge in [0.1, 0.15) is 11.6 Å². The Morgan fingerprint density at radius 3 is 2.65 bits per heavy atom. The van der Waals surface area contributed by atoms with Gasteiger partial charge in [-0.3, -0.25) is 9.59 Å². The van der Waals surface area contributed by atoms with Crippen molar-refractivity contribution in [2.75, 3.05) is 33.4 Å². The molecular formula is C16H20F2N2O3. The van der Waals surface area contributed by atoms with Crippen molar-refractivity contribution in [1.82, 2.24) is 10.2 Å². The number of amides is 2. The van der Waals surface area contributed by atoms with Crippen LogP contribution in [0.15, 0.2) is 18.2 Å². The van der Waals surface area contributed by atoms with E-state index < -0.39 is 17.5 Å². The summed E-state index contributed by atoms with van der Waals surface area (Å²) in [6.07, 6.45) is 1.90. The Bertz CT molecular complexity index is 558. The molecular weight excluding hydrogens is 306 g/mol. The Hall–Kier alpha value is -2.02. The summed E-state index contributed by atoms with van der Waals surface area (Å²) in [6, 6.07) is 2.54. The predicted octanol–water partition coefficient (Wildman–Crippen LogP) is 1.58. The van der Waals surface area contributed by atoms with E-state index in [1.807, 2.05) is 0 Å². The first-order valence-electron chi connectivity index (χ1n) is 7.50. The molecule has 5 nitrogen and oxygen atoms in total. The van der Waals surface area contributed by atoms with Crippen molar-refractivity contribution >= 4 is 11.8 Å². The van der Waals surface area contributed by atoms with E-state index in [1.165, 1.54) is 0 Å². The molecule has 1 N–H and O–H groups in total. The van der Waals surface area contributed by atoms with E-state index in [0.29, 0.717) is 31.7 Å². The lowest BCUT2D eigenvalue weighted by atomic mass is 9.99. The summed E-state index contributed by atoms with van der Waals surface area (Å²) < 4.78 is 31.3. The van der Waals surface area contributed by atoms with E-state index in [9.17, 15) is 18.4 Å². The standard InChI is InChI=1S/C16H20F2N2O3/c1-23-10-11-3-2-4-20(9-11)15(21)8-19-16(22)12-5-13(17)7-14(18)6-12/h5-7,11H,2-4,8-10H2,1H3,(H,19,22). The lowest BCUT2D eigenvalue weighted by Crippen LogP contribution is -2.45. The maximum Gasteiger partial charge on any atom is 0.251 e. The molecule has 1 atom stereocenters. The van der Waals surface area contributed by atoms with Gasteiger partial charge in [-0.1, -0.05) is 0 Å². The van der Waals surface area contributed by atoms with Gasteiger partial charge in [0, 0.05) is 31.8 Å². The molecule has 0 bridgehead atoms. The average molecular weight is 326 g/mol. The van der Waals surface area contributed by atoms with E-state index in [2.05, 4.69) is 5.32 Å². The molecule has 1 heterocycles. The van der Waals surface area contributed by atoms with Crippen molar-refractivity contribution in [2.24, 2.45) is 5.92 Å². The number of benzene rings is 1. The molecule has 126 valence electrons. The van der Waals surface area contributed by atoms with E-state index in [0.717, 1.165) is 25.0 Å². The predicted molar refractivity (Wildman–Crippen MR) is 79.9 cm³/mol. The smallest absolute Gasteiger partial charge is 0.251 e. The summed E-state index contributed by atoms with van der Waals surface area (Å²) >= 11 is 0. The molecule has 2 rings (SSSR count). The van der Waals surface area contributed by atoms with E-state index in [-0.39, 0.29) is 18.0 Å². The summed E-state index contributed by atoms with van der Waals surface area (Å²) in [7, 11) is 1.62.